The van der Waals surface area contributed by atoms with E-state index in [1.165, 1.54) is 32.2 Å². The highest BCUT2D eigenvalue weighted by Crippen LogP contribution is 2.33. The zero-order valence-corrected chi connectivity index (χ0v) is 19.8. The van der Waals surface area contributed by atoms with Crippen molar-refractivity contribution in [2.24, 2.45) is 0 Å². The highest BCUT2D eigenvalue weighted by atomic mass is 19.4. The molecular weight excluding hydrogens is 476 g/mol. The third kappa shape index (κ3) is 6.56. The average Bonchev–Trinajstić information content (AvgIpc) is 2.84. The van der Waals surface area contributed by atoms with Gasteiger partial charge in [-0.2, -0.15) is 18.4 Å². The van der Waals surface area contributed by atoms with Crippen molar-refractivity contribution >= 4 is 5.91 Å². The van der Waals surface area contributed by atoms with Crippen molar-refractivity contribution in [3.8, 4) is 11.9 Å². The Morgan fingerprint density at radius 3 is 2.36 bits per heavy atom. The molecule has 1 aromatic carbocycles. The molecule has 0 saturated heterocycles. The van der Waals surface area contributed by atoms with Gasteiger partial charge < -0.3 is 10.1 Å². The van der Waals surface area contributed by atoms with Gasteiger partial charge in [-0.1, -0.05) is 19.1 Å². The Balaban J connectivity index is 1.78. The number of alkyl halides is 3. The average molecular weight is 500 g/mol. The number of rotatable bonds is 8. The van der Waals surface area contributed by atoms with Crippen LogP contribution in [0.2, 0.25) is 0 Å². The molecule has 0 aliphatic carbocycles. The summed E-state index contributed by atoms with van der Waals surface area (Å²) in [5.74, 6) is -1.56. The van der Waals surface area contributed by atoms with Crippen molar-refractivity contribution in [2.45, 2.75) is 44.4 Å². The standard InChI is InChI=1S/C26H24F4N4O2/c1-16(18-4-7-21(27)8-5-18)22(19-10-17(11-31)12-32-13-19)15-34-24(35)25(2,3)36-23-9-6-20(14-33-23)26(28,29)30/h4-10,12-14,16,22H,15H2,1-3H3,(H,34,35). The van der Waals surface area contributed by atoms with E-state index in [0.717, 1.165) is 17.7 Å². The molecule has 1 N–H and O–H groups in total. The molecule has 0 aliphatic heterocycles. The number of nitrogens with zero attached hydrogens (tertiary/aromatic N) is 3. The van der Waals surface area contributed by atoms with Crippen LogP contribution in [0, 0.1) is 17.1 Å². The Morgan fingerprint density at radius 1 is 1.08 bits per heavy atom. The van der Waals surface area contributed by atoms with Gasteiger partial charge in [0.1, 0.15) is 11.9 Å². The van der Waals surface area contributed by atoms with Crippen LogP contribution in [0.15, 0.2) is 61.1 Å². The summed E-state index contributed by atoms with van der Waals surface area (Å²) >= 11 is 0. The maximum atomic E-state index is 13.4. The molecule has 0 spiro atoms. The first-order chi connectivity index (χ1) is 16.9. The van der Waals surface area contributed by atoms with Gasteiger partial charge in [0.2, 0.25) is 5.88 Å². The van der Waals surface area contributed by atoms with Crippen LogP contribution in [0.1, 0.15) is 54.9 Å². The van der Waals surface area contributed by atoms with Gasteiger partial charge in [0.05, 0.1) is 11.1 Å². The first-order valence-corrected chi connectivity index (χ1v) is 11.0. The van der Waals surface area contributed by atoms with Crippen molar-refractivity contribution in [3.63, 3.8) is 0 Å². The van der Waals surface area contributed by atoms with Gasteiger partial charge in [0, 0.05) is 37.1 Å². The molecule has 2 unspecified atom stereocenters. The SMILES string of the molecule is CC(c1ccc(F)cc1)C(CNC(=O)C(C)(C)Oc1ccc(C(F)(F)F)cn1)c1cncc(C#N)c1. The van der Waals surface area contributed by atoms with E-state index in [1.807, 2.05) is 13.0 Å². The number of hydrogen-bond donors (Lipinski definition) is 1. The van der Waals surface area contributed by atoms with Crippen LogP contribution < -0.4 is 10.1 Å². The maximum Gasteiger partial charge on any atom is 0.417 e. The second-order valence-electron chi connectivity index (χ2n) is 8.77. The number of hydrogen-bond acceptors (Lipinski definition) is 5. The topological polar surface area (TPSA) is 87.9 Å². The summed E-state index contributed by atoms with van der Waals surface area (Å²) < 4.78 is 57.3. The number of aromatic nitrogens is 2. The molecule has 188 valence electrons. The predicted octanol–water partition coefficient (Wildman–Crippen LogP) is 5.37. The molecule has 2 heterocycles. The fourth-order valence-corrected chi connectivity index (χ4v) is 3.64. The Bertz CT molecular complexity index is 1240. The molecule has 2 aromatic heterocycles. The molecule has 1 amide bonds. The quantitative estimate of drug-likeness (QED) is 0.421. The summed E-state index contributed by atoms with van der Waals surface area (Å²) in [5, 5.41) is 12.1. The van der Waals surface area contributed by atoms with Gasteiger partial charge in [-0.25, -0.2) is 9.37 Å². The summed E-state index contributed by atoms with van der Waals surface area (Å²) in [4.78, 5) is 20.8. The van der Waals surface area contributed by atoms with E-state index in [2.05, 4.69) is 15.3 Å². The van der Waals surface area contributed by atoms with Crippen molar-refractivity contribution in [3.05, 3.63) is 89.1 Å². The van der Waals surface area contributed by atoms with E-state index in [4.69, 9.17) is 4.74 Å². The lowest BCUT2D eigenvalue weighted by molar-refractivity contribution is -0.138. The van der Waals surface area contributed by atoms with Crippen molar-refractivity contribution in [2.75, 3.05) is 6.54 Å². The fraction of sp³-hybridized carbons (Fsp3) is 0.308. The number of pyridine rings is 2. The van der Waals surface area contributed by atoms with Gasteiger partial charge >= 0.3 is 6.18 Å². The van der Waals surface area contributed by atoms with Crippen LogP contribution in [0.25, 0.3) is 0 Å². The van der Waals surface area contributed by atoms with Crippen molar-refractivity contribution < 1.29 is 27.1 Å². The summed E-state index contributed by atoms with van der Waals surface area (Å²) in [7, 11) is 0. The van der Waals surface area contributed by atoms with Crippen LogP contribution in [-0.2, 0) is 11.0 Å². The highest BCUT2D eigenvalue weighted by molar-refractivity contribution is 5.84. The van der Waals surface area contributed by atoms with E-state index >= 15 is 0 Å². The molecule has 0 saturated carbocycles. The van der Waals surface area contributed by atoms with Crippen LogP contribution >= 0.6 is 0 Å². The molecular formula is C26H24F4N4O2. The Labute approximate surface area is 206 Å². The van der Waals surface area contributed by atoms with E-state index in [-0.39, 0.29) is 30.1 Å². The summed E-state index contributed by atoms with van der Waals surface area (Å²) in [6, 6.07) is 11.6. The lowest BCUT2D eigenvalue weighted by Gasteiger charge is -2.29. The molecule has 0 radical (unpaired) electrons. The minimum Gasteiger partial charge on any atom is -0.462 e. The lowest BCUT2D eigenvalue weighted by Crippen LogP contribution is -2.48. The van der Waals surface area contributed by atoms with Crippen LogP contribution in [-0.4, -0.2) is 28.0 Å². The molecule has 36 heavy (non-hydrogen) atoms. The van der Waals surface area contributed by atoms with Crippen LogP contribution in [0.4, 0.5) is 17.6 Å². The first-order valence-electron chi connectivity index (χ1n) is 11.0. The van der Waals surface area contributed by atoms with Crippen molar-refractivity contribution in [1.82, 2.24) is 15.3 Å². The molecule has 10 heteroatoms. The van der Waals surface area contributed by atoms with Crippen LogP contribution in [0.3, 0.4) is 0 Å². The van der Waals surface area contributed by atoms with E-state index in [0.29, 0.717) is 17.3 Å². The number of nitriles is 1. The molecule has 6 nitrogen and oxygen atoms in total. The predicted molar refractivity (Wildman–Crippen MR) is 123 cm³/mol. The minimum atomic E-state index is -4.54. The van der Waals surface area contributed by atoms with E-state index in [1.54, 1.807) is 24.4 Å². The number of amides is 1. The number of nitrogens with one attached hydrogen (secondary N) is 1. The summed E-state index contributed by atoms with van der Waals surface area (Å²) in [6.45, 7) is 4.98. The number of ether oxygens (including phenoxy) is 1. The third-order valence-electron chi connectivity index (χ3n) is 5.77. The number of halogens is 4. The third-order valence-corrected chi connectivity index (χ3v) is 5.77. The van der Waals surface area contributed by atoms with Gasteiger partial charge in [-0.3, -0.25) is 9.78 Å². The smallest absolute Gasteiger partial charge is 0.417 e. The molecule has 0 aliphatic rings. The van der Waals surface area contributed by atoms with E-state index in [9.17, 15) is 27.6 Å². The van der Waals surface area contributed by atoms with Gasteiger partial charge in [0.25, 0.3) is 5.91 Å². The minimum absolute atomic E-state index is 0.126. The Kier molecular flexibility index (Phi) is 7.93. The monoisotopic (exact) mass is 500 g/mol. The van der Waals surface area contributed by atoms with E-state index < -0.39 is 23.2 Å². The normalized spacial score (nSPS) is 13.4. The molecule has 3 aromatic rings. The lowest BCUT2D eigenvalue weighted by atomic mass is 9.82. The fourth-order valence-electron chi connectivity index (χ4n) is 3.64. The molecule has 0 bridgehead atoms. The number of carbonyl (C=O) groups is 1. The largest absolute Gasteiger partial charge is 0.462 e. The number of benzene rings is 1. The molecule has 3 rings (SSSR count). The van der Waals surface area contributed by atoms with Crippen molar-refractivity contribution in [1.29, 1.82) is 5.26 Å². The second-order valence-corrected chi connectivity index (χ2v) is 8.77. The Hall–Kier alpha value is -4.00. The zero-order chi connectivity index (χ0) is 26.5. The first kappa shape index (κ1) is 26.6. The maximum absolute atomic E-state index is 13.4. The summed E-state index contributed by atoms with van der Waals surface area (Å²) in [6.07, 6.45) is -0.869. The summed E-state index contributed by atoms with van der Waals surface area (Å²) in [5.41, 5.74) is -0.504. The van der Waals surface area contributed by atoms with Crippen LogP contribution in [0.5, 0.6) is 5.88 Å². The Morgan fingerprint density at radius 2 is 1.78 bits per heavy atom. The number of carbonyl (C=O) groups excluding carboxylic acids is 1. The second kappa shape index (κ2) is 10.7. The van der Waals surface area contributed by atoms with Gasteiger partial charge in [-0.15, -0.1) is 0 Å². The van der Waals surface area contributed by atoms with Gasteiger partial charge in [0.15, 0.2) is 5.60 Å². The highest BCUT2D eigenvalue weighted by Gasteiger charge is 2.34. The van der Waals surface area contributed by atoms with Gasteiger partial charge in [-0.05, 0) is 55.2 Å². The molecule has 2 atom stereocenters. The molecule has 0 fully saturated rings. The zero-order valence-electron chi connectivity index (χ0n) is 19.8.